The number of hydrogen-bond acceptors (Lipinski definition) is 4. The van der Waals surface area contributed by atoms with Crippen LogP contribution in [-0.2, 0) is 4.74 Å². The predicted molar refractivity (Wildman–Crippen MR) is 54.6 cm³/mol. The van der Waals surface area contributed by atoms with Crippen LogP contribution in [0.15, 0.2) is 18.6 Å². The Morgan fingerprint density at radius 1 is 1.36 bits per heavy atom. The third kappa shape index (κ3) is 2.49. The molecule has 0 aliphatic rings. The van der Waals surface area contributed by atoms with Crippen molar-refractivity contribution in [3.63, 3.8) is 0 Å². The van der Waals surface area contributed by atoms with Crippen LogP contribution in [0.1, 0.15) is 25.6 Å². The number of rotatable bonds is 4. The Bertz CT molecular complexity index is 263. The molecule has 0 aliphatic heterocycles. The van der Waals surface area contributed by atoms with Crippen LogP contribution in [0.5, 0.6) is 0 Å². The van der Waals surface area contributed by atoms with E-state index in [0.29, 0.717) is 5.92 Å². The predicted octanol–water partition coefficient (Wildman–Crippen LogP) is 1.15. The normalized spacial score (nSPS) is 15.5. The summed E-state index contributed by atoms with van der Waals surface area (Å²) in [5, 5.41) is 0. The highest BCUT2D eigenvalue weighted by Crippen LogP contribution is 2.19. The molecule has 14 heavy (non-hydrogen) atoms. The average Bonchev–Trinajstić information content (AvgIpc) is 2.19. The van der Waals surface area contributed by atoms with Crippen molar-refractivity contribution in [1.29, 1.82) is 0 Å². The summed E-state index contributed by atoms with van der Waals surface area (Å²) in [6, 6.07) is -0.214. The Labute approximate surface area is 84.5 Å². The summed E-state index contributed by atoms with van der Waals surface area (Å²) < 4.78 is 5.34. The van der Waals surface area contributed by atoms with Gasteiger partial charge in [-0.15, -0.1) is 0 Å². The first kappa shape index (κ1) is 11.1. The molecule has 0 fully saturated rings. The number of nitrogens with two attached hydrogens (primary N) is 1. The number of aromatic nitrogens is 2. The first-order chi connectivity index (χ1) is 6.66. The molecule has 1 rings (SSSR count). The molecule has 0 amide bonds. The minimum absolute atomic E-state index is 0.0216. The molecule has 1 heterocycles. The lowest BCUT2D eigenvalue weighted by Crippen LogP contribution is -2.33. The van der Waals surface area contributed by atoms with Gasteiger partial charge in [-0.1, -0.05) is 13.8 Å². The summed E-state index contributed by atoms with van der Waals surface area (Å²) in [5.41, 5.74) is 6.79. The van der Waals surface area contributed by atoms with Crippen molar-refractivity contribution in [2.75, 3.05) is 7.11 Å². The quantitative estimate of drug-likeness (QED) is 0.782. The summed E-state index contributed by atoms with van der Waals surface area (Å²) in [6.45, 7) is 4.15. The van der Waals surface area contributed by atoms with Gasteiger partial charge in [0.2, 0.25) is 0 Å². The highest BCUT2D eigenvalue weighted by molar-refractivity contribution is 5.04. The number of methoxy groups -OCH3 is 1. The smallest absolute Gasteiger partial charge is 0.0802 e. The second-order valence-corrected chi connectivity index (χ2v) is 3.60. The van der Waals surface area contributed by atoms with Gasteiger partial charge in [-0.2, -0.15) is 0 Å². The maximum atomic E-state index is 6.02. The number of nitrogens with zero attached hydrogens (tertiary/aromatic N) is 2. The van der Waals surface area contributed by atoms with E-state index in [2.05, 4.69) is 23.8 Å². The van der Waals surface area contributed by atoms with Gasteiger partial charge >= 0.3 is 0 Å². The zero-order chi connectivity index (χ0) is 10.6. The molecule has 1 aromatic rings. The number of ether oxygens (including phenoxy) is 1. The minimum atomic E-state index is -0.214. The molecular weight excluding hydrogens is 178 g/mol. The molecule has 4 heteroatoms. The van der Waals surface area contributed by atoms with Gasteiger partial charge in [-0.3, -0.25) is 9.97 Å². The van der Waals surface area contributed by atoms with Gasteiger partial charge in [0.15, 0.2) is 0 Å². The second kappa shape index (κ2) is 5.02. The molecule has 0 saturated carbocycles. The van der Waals surface area contributed by atoms with Crippen LogP contribution in [-0.4, -0.2) is 23.2 Å². The first-order valence-electron chi connectivity index (χ1n) is 4.71. The lowest BCUT2D eigenvalue weighted by atomic mass is 9.98. The van der Waals surface area contributed by atoms with E-state index in [4.69, 9.17) is 10.5 Å². The van der Waals surface area contributed by atoms with Crippen molar-refractivity contribution in [3.8, 4) is 0 Å². The highest BCUT2D eigenvalue weighted by atomic mass is 16.5. The van der Waals surface area contributed by atoms with Crippen molar-refractivity contribution < 1.29 is 4.74 Å². The molecule has 0 aromatic carbocycles. The lowest BCUT2D eigenvalue weighted by Gasteiger charge is -2.25. The lowest BCUT2D eigenvalue weighted by molar-refractivity contribution is 0.0426. The van der Waals surface area contributed by atoms with E-state index in [9.17, 15) is 0 Å². The molecule has 2 N–H and O–H groups in total. The van der Waals surface area contributed by atoms with Crippen molar-refractivity contribution >= 4 is 0 Å². The van der Waals surface area contributed by atoms with Crippen LogP contribution in [0, 0.1) is 5.92 Å². The van der Waals surface area contributed by atoms with E-state index in [1.165, 1.54) is 0 Å². The standard InChI is InChI=1S/C10H17N3O/c1-7(2)10(14-3)9(11)8-6-12-4-5-13-8/h4-7,9-10H,11H2,1-3H3. The van der Waals surface area contributed by atoms with E-state index in [1.54, 1.807) is 25.7 Å². The van der Waals surface area contributed by atoms with Crippen LogP contribution in [0.25, 0.3) is 0 Å². The van der Waals surface area contributed by atoms with E-state index in [1.807, 2.05) is 0 Å². The largest absolute Gasteiger partial charge is 0.379 e. The Morgan fingerprint density at radius 3 is 2.50 bits per heavy atom. The minimum Gasteiger partial charge on any atom is -0.379 e. The number of hydrogen-bond donors (Lipinski definition) is 1. The Morgan fingerprint density at radius 2 is 2.07 bits per heavy atom. The maximum Gasteiger partial charge on any atom is 0.0802 e. The van der Waals surface area contributed by atoms with Crippen LogP contribution < -0.4 is 5.73 Å². The van der Waals surface area contributed by atoms with Gasteiger partial charge < -0.3 is 10.5 Å². The van der Waals surface area contributed by atoms with E-state index < -0.39 is 0 Å². The zero-order valence-electron chi connectivity index (χ0n) is 8.84. The molecule has 0 spiro atoms. The molecule has 4 nitrogen and oxygen atoms in total. The Kier molecular flexibility index (Phi) is 3.98. The van der Waals surface area contributed by atoms with Crippen LogP contribution in [0.2, 0.25) is 0 Å². The van der Waals surface area contributed by atoms with Crippen molar-refractivity contribution in [2.45, 2.75) is 26.0 Å². The van der Waals surface area contributed by atoms with Crippen molar-refractivity contribution in [2.24, 2.45) is 11.7 Å². The Hall–Kier alpha value is -1.00. The maximum absolute atomic E-state index is 6.02. The fourth-order valence-electron chi connectivity index (χ4n) is 1.48. The topological polar surface area (TPSA) is 61.0 Å². The van der Waals surface area contributed by atoms with Crippen LogP contribution in [0.3, 0.4) is 0 Å². The fourth-order valence-corrected chi connectivity index (χ4v) is 1.48. The molecule has 2 atom stereocenters. The third-order valence-electron chi connectivity index (χ3n) is 2.21. The van der Waals surface area contributed by atoms with Gasteiger partial charge in [0, 0.05) is 19.5 Å². The molecule has 2 unspecified atom stereocenters. The van der Waals surface area contributed by atoms with E-state index in [0.717, 1.165) is 5.69 Å². The first-order valence-corrected chi connectivity index (χ1v) is 4.71. The fraction of sp³-hybridized carbons (Fsp3) is 0.600. The molecule has 78 valence electrons. The van der Waals surface area contributed by atoms with Gasteiger partial charge in [-0.05, 0) is 5.92 Å². The zero-order valence-corrected chi connectivity index (χ0v) is 8.84. The second-order valence-electron chi connectivity index (χ2n) is 3.60. The summed E-state index contributed by atoms with van der Waals surface area (Å²) >= 11 is 0. The van der Waals surface area contributed by atoms with Crippen LogP contribution in [0.4, 0.5) is 0 Å². The molecule has 0 radical (unpaired) electrons. The molecule has 0 aliphatic carbocycles. The molecular formula is C10H17N3O. The van der Waals surface area contributed by atoms with E-state index >= 15 is 0 Å². The van der Waals surface area contributed by atoms with Gasteiger partial charge in [-0.25, -0.2) is 0 Å². The van der Waals surface area contributed by atoms with Crippen LogP contribution >= 0.6 is 0 Å². The van der Waals surface area contributed by atoms with Gasteiger partial charge in [0.1, 0.15) is 0 Å². The third-order valence-corrected chi connectivity index (χ3v) is 2.21. The van der Waals surface area contributed by atoms with Gasteiger partial charge in [0.25, 0.3) is 0 Å². The van der Waals surface area contributed by atoms with Crippen molar-refractivity contribution in [3.05, 3.63) is 24.3 Å². The van der Waals surface area contributed by atoms with Gasteiger partial charge in [0.05, 0.1) is 24.0 Å². The summed E-state index contributed by atoms with van der Waals surface area (Å²) in [6.07, 6.45) is 4.93. The molecule has 1 aromatic heterocycles. The molecule has 0 bridgehead atoms. The van der Waals surface area contributed by atoms with Crippen molar-refractivity contribution in [1.82, 2.24) is 9.97 Å². The van der Waals surface area contributed by atoms with E-state index in [-0.39, 0.29) is 12.1 Å². The molecule has 0 saturated heterocycles. The summed E-state index contributed by atoms with van der Waals surface area (Å²) in [4.78, 5) is 8.15. The monoisotopic (exact) mass is 195 g/mol. The average molecular weight is 195 g/mol. The highest BCUT2D eigenvalue weighted by Gasteiger charge is 2.23. The summed E-state index contributed by atoms with van der Waals surface area (Å²) in [5.74, 6) is 0.358. The Balaban J connectivity index is 2.78. The summed E-state index contributed by atoms with van der Waals surface area (Å²) in [7, 11) is 1.67. The SMILES string of the molecule is COC(C(C)C)C(N)c1cnccn1.